The predicted molar refractivity (Wildman–Crippen MR) is 100 cm³/mol. The summed E-state index contributed by atoms with van der Waals surface area (Å²) in [6.07, 6.45) is 5.63. The fourth-order valence-corrected chi connectivity index (χ4v) is 2.78. The molecule has 0 saturated heterocycles. The highest BCUT2D eigenvalue weighted by atomic mass is 16.1. The summed E-state index contributed by atoms with van der Waals surface area (Å²) in [5.74, 6) is 0.943. The zero-order valence-electron chi connectivity index (χ0n) is 14.5. The first-order chi connectivity index (χ1) is 12.3. The lowest BCUT2D eigenvalue weighted by Crippen LogP contribution is -2.25. The second kappa shape index (κ2) is 8.29. The number of imidazole rings is 1. The van der Waals surface area contributed by atoms with Crippen LogP contribution in [0, 0.1) is 0 Å². The number of carbonyl (C=O) groups is 1. The summed E-state index contributed by atoms with van der Waals surface area (Å²) in [7, 11) is 0. The van der Waals surface area contributed by atoms with E-state index >= 15 is 0 Å². The van der Waals surface area contributed by atoms with E-state index in [4.69, 9.17) is 0 Å². The van der Waals surface area contributed by atoms with Crippen LogP contribution >= 0.6 is 0 Å². The summed E-state index contributed by atoms with van der Waals surface area (Å²) in [5.41, 5.74) is 3.06. The largest absolute Gasteiger partial charge is 0.352 e. The molecule has 2 aromatic carbocycles. The second-order valence-corrected chi connectivity index (χ2v) is 5.97. The highest BCUT2D eigenvalue weighted by molar-refractivity contribution is 5.94. The first-order valence-corrected chi connectivity index (χ1v) is 8.71. The van der Waals surface area contributed by atoms with Crippen LogP contribution in [0.1, 0.15) is 29.3 Å². The van der Waals surface area contributed by atoms with Crippen LogP contribution in [0.3, 0.4) is 0 Å². The normalized spacial score (nSPS) is 10.6. The van der Waals surface area contributed by atoms with Gasteiger partial charge in [0.15, 0.2) is 0 Å². The molecular weight excluding hydrogens is 310 g/mol. The van der Waals surface area contributed by atoms with E-state index in [1.807, 2.05) is 54.9 Å². The van der Waals surface area contributed by atoms with Crippen LogP contribution < -0.4 is 5.32 Å². The number of nitrogens with one attached hydrogen (secondary N) is 1. The Kier molecular flexibility index (Phi) is 5.62. The van der Waals surface area contributed by atoms with E-state index < -0.39 is 0 Å². The molecule has 0 atom stereocenters. The highest BCUT2D eigenvalue weighted by Gasteiger charge is 2.07. The average Bonchev–Trinajstić information content (AvgIpc) is 3.14. The Labute approximate surface area is 148 Å². The van der Waals surface area contributed by atoms with Crippen LogP contribution in [0.4, 0.5) is 0 Å². The number of hydrogen-bond donors (Lipinski definition) is 1. The van der Waals surface area contributed by atoms with Crippen molar-refractivity contribution in [1.29, 1.82) is 0 Å². The molecule has 128 valence electrons. The van der Waals surface area contributed by atoms with Crippen molar-refractivity contribution in [2.75, 3.05) is 6.54 Å². The lowest BCUT2D eigenvalue weighted by atomic mass is 10.1. The van der Waals surface area contributed by atoms with Gasteiger partial charge in [-0.05, 0) is 30.5 Å². The zero-order chi connectivity index (χ0) is 17.5. The van der Waals surface area contributed by atoms with Gasteiger partial charge >= 0.3 is 0 Å². The number of nitrogens with zero attached hydrogens (tertiary/aromatic N) is 2. The van der Waals surface area contributed by atoms with Crippen molar-refractivity contribution < 1.29 is 4.79 Å². The van der Waals surface area contributed by atoms with E-state index in [0.717, 1.165) is 30.8 Å². The van der Waals surface area contributed by atoms with E-state index in [9.17, 15) is 4.79 Å². The van der Waals surface area contributed by atoms with Gasteiger partial charge in [-0.25, -0.2) is 4.98 Å². The van der Waals surface area contributed by atoms with Crippen molar-refractivity contribution in [3.63, 3.8) is 0 Å². The fourth-order valence-electron chi connectivity index (χ4n) is 2.78. The van der Waals surface area contributed by atoms with E-state index in [0.29, 0.717) is 12.1 Å². The highest BCUT2D eigenvalue weighted by Crippen LogP contribution is 2.16. The molecule has 4 nitrogen and oxygen atoms in total. The van der Waals surface area contributed by atoms with Crippen molar-refractivity contribution in [3.8, 4) is 11.4 Å². The van der Waals surface area contributed by atoms with Crippen molar-refractivity contribution in [2.24, 2.45) is 0 Å². The number of aromatic nitrogens is 2. The van der Waals surface area contributed by atoms with Gasteiger partial charge in [-0.2, -0.15) is 0 Å². The Bertz CT molecular complexity index is 807. The summed E-state index contributed by atoms with van der Waals surface area (Å²) in [6, 6.07) is 17.9. The molecule has 1 aromatic heterocycles. The van der Waals surface area contributed by atoms with Crippen LogP contribution in [-0.2, 0) is 13.0 Å². The monoisotopic (exact) mass is 333 g/mol. The molecule has 0 spiro atoms. The Morgan fingerprint density at radius 3 is 2.56 bits per heavy atom. The lowest BCUT2D eigenvalue weighted by molar-refractivity contribution is 0.0952. The van der Waals surface area contributed by atoms with E-state index in [-0.39, 0.29) is 5.91 Å². The summed E-state index contributed by atoms with van der Waals surface area (Å²) in [5, 5.41) is 2.99. The van der Waals surface area contributed by atoms with Crippen molar-refractivity contribution in [3.05, 3.63) is 78.1 Å². The summed E-state index contributed by atoms with van der Waals surface area (Å²) < 4.78 is 2.12. The zero-order valence-corrected chi connectivity index (χ0v) is 14.5. The minimum atomic E-state index is -0.0171. The molecule has 0 aliphatic heterocycles. The molecule has 25 heavy (non-hydrogen) atoms. The lowest BCUT2D eigenvalue weighted by Gasteiger charge is -2.09. The SMILES string of the molecule is CCc1ccc(C(=O)NCCCn2ccnc2-c2ccccc2)cc1. The van der Waals surface area contributed by atoms with Crippen molar-refractivity contribution in [1.82, 2.24) is 14.9 Å². The number of aryl methyl sites for hydroxylation is 2. The van der Waals surface area contributed by atoms with Gasteiger partial charge in [-0.3, -0.25) is 4.79 Å². The molecule has 4 heteroatoms. The smallest absolute Gasteiger partial charge is 0.251 e. The summed E-state index contributed by atoms with van der Waals surface area (Å²) in [4.78, 5) is 16.6. The molecule has 3 aromatic rings. The minimum Gasteiger partial charge on any atom is -0.352 e. The van der Waals surface area contributed by atoms with Crippen LogP contribution in [0.25, 0.3) is 11.4 Å². The third kappa shape index (κ3) is 4.35. The van der Waals surface area contributed by atoms with E-state index in [2.05, 4.69) is 33.9 Å². The van der Waals surface area contributed by atoms with Gasteiger partial charge in [0, 0.05) is 36.6 Å². The first-order valence-electron chi connectivity index (χ1n) is 8.71. The summed E-state index contributed by atoms with van der Waals surface area (Å²) >= 11 is 0. The van der Waals surface area contributed by atoms with Crippen LogP contribution in [0.15, 0.2) is 67.0 Å². The number of hydrogen-bond acceptors (Lipinski definition) is 2. The summed E-state index contributed by atoms with van der Waals surface area (Å²) in [6.45, 7) is 3.56. The van der Waals surface area contributed by atoms with Gasteiger partial charge in [0.1, 0.15) is 5.82 Å². The van der Waals surface area contributed by atoms with Gasteiger partial charge < -0.3 is 9.88 Å². The molecule has 1 N–H and O–H groups in total. The standard InChI is InChI=1S/C21H23N3O/c1-2-17-9-11-19(12-10-17)21(25)23-13-6-15-24-16-14-22-20(24)18-7-4-3-5-8-18/h3-5,7-12,14,16H,2,6,13,15H2,1H3,(H,23,25). The molecule has 1 heterocycles. The molecule has 0 unspecified atom stereocenters. The van der Waals surface area contributed by atoms with Gasteiger partial charge in [-0.15, -0.1) is 0 Å². The Morgan fingerprint density at radius 2 is 1.84 bits per heavy atom. The minimum absolute atomic E-state index is 0.0171. The number of rotatable bonds is 7. The average molecular weight is 333 g/mol. The maximum atomic E-state index is 12.2. The molecule has 0 bridgehead atoms. The van der Waals surface area contributed by atoms with Crippen LogP contribution in [0.5, 0.6) is 0 Å². The predicted octanol–water partition coefficient (Wildman–Crippen LogP) is 3.93. The van der Waals surface area contributed by atoms with Gasteiger partial charge in [0.2, 0.25) is 0 Å². The number of amides is 1. The van der Waals surface area contributed by atoms with Crippen LogP contribution in [-0.4, -0.2) is 22.0 Å². The van der Waals surface area contributed by atoms with Gasteiger partial charge in [0.25, 0.3) is 5.91 Å². The maximum absolute atomic E-state index is 12.2. The van der Waals surface area contributed by atoms with Gasteiger partial charge in [0.05, 0.1) is 0 Å². The molecule has 1 amide bonds. The number of benzene rings is 2. The third-order valence-electron chi connectivity index (χ3n) is 4.23. The molecule has 0 radical (unpaired) electrons. The molecule has 0 fully saturated rings. The molecule has 0 aliphatic rings. The fraction of sp³-hybridized carbons (Fsp3) is 0.238. The first kappa shape index (κ1) is 17.0. The Morgan fingerprint density at radius 1 is 1.08 bits per heavy atom. The molecular formula is C21H23N3O. The van der Waals surface area contributed by atoms with Gasteiger partial charge in [-0.1, -0.05) is 49.4 Å². The number of carbonyl (C=O) groups excluding carboxylic acids is 1. The Hall–Kier alpha value is -2.88. The molecule has 0 aliphatic carbocycles. The maximum Gasteiger partial charge on any atom is 0.251 e. The van der Waals surface area contributed by atoms with Crippen molar-refractivity contribution in [2.45, 2.75) is 26.3 Å². The quantitative estimate of drug-likeness (QED) is 0.666. The third-order valence-corrected chi connectivity index (χ3v) is 4.23. The molecule has 0 saturated carbocycles. The second-order valence-electron chi connectivity index (χ2n) is 5.97. The molecule has 3 rings (SSSR count). The van der Waals surface area contributed by atoms with Crippen LogP contribution in [0.2, 0.25) is 0 Å². The van der Waals surface area contributed by atoms with E-state index in [1.165, 1.54) is 5.56 Å². The van der Waals surface area contributed by atoms with Crippen molar-refractivity contribution >= 4 is 5.91 Å². The Balaban J connectivity index is 1.50. The van der Waals surface area contributed by atoms with E-state index in [1.54, 1.807) is 0 Å². The topological polar surface area (TPSA) is 46.9 Å².